The minimum Gasteiger partial charge on any atom is -0.490 e. The van der Waals surface area contributed by atoms with Gasteiger partial charge < -0.3 is 20.3 Å². The first-order chi connectivity index (χ1) is 10.1. The molecule has 0 saturated heterocycles. The topological polar surface area (TPSA) is 64.7 Å². The van der Waals surface area contributed by atoms with Gasteiger partial charge in [-0.05, 0) is 31.9 Å². The van der Waals surface area contributed by atoms with Crippen molar-refractivity contribution in [2.75, 3.05) is 13.2 Å². The molecule has 1 aromatic rings. The molecule has 1 fully saturated rings. The van der Waals surface area contributed by atoms with E-state index in [2.05, 4.69) is 0 Å². The number of aliphatic hydroxyl groups is 1. The predicted octanol–water partition coefficient (Wildman–Crippen LogP) is 2.88. The fourth-order valence-corrected chi connectivity index (χ4v) is 2.67. The summed E-state index contributed by atoms with van der Waals surface area (Å²) in [5, 5.41) is 10.6. The van der Waals surface area contributed by atoms with E-state index in [0.717, 1.165) is 37.2 Å². The van der Waals surface area contributed by atoms with E-state index in [1.54, 1.807) is 0 Å². The highest BCUT2D eigenvalue weighted by Gasteiger charge is 2.28. The number of benzene rings is 1. The minimum atomic E-state index is -0.683. The van der Waals surface area contributed by atoms with Crippen LogP contribution in [-0.4, -0.2) is 30.0 Å². The molecule has 0 aliphatic heterocycles. The maximum absolute atomic E-state index is 10.6. The van der Waals surface area contributed by atoms with E-state index >= 15 is 0 Å². The second kappa shape index (κ2) is 7.66. The number of hydrogen-bond donors (Lipinski definition) is 2. The van der Waals surface area contributed by atoms with Crippen LogP contribution in [0.25, 0.3) is 0 Å². The summed E-state index contributed by atoms with van der Waals surface area (Å²) in [7, 11) is 0. The summed E-state index contributed by atoms with van der Waals surface area (Å²) in [6, 6.07) is 7.52. The summed E-state index contributed by atoms with van der Waals surface area (Å²) in [6.07, 6.45) is 6.21. The smallest absolute Gasteiger partial charge is 0.123 e. The fraction of sp³-hybridized carbons (Fsp3) is 0.647. The maximum atomic E-state index is 10.6. The van der Waals surface area contributed by atoms with Gasteiger partial charge >= 0.3 is 0 Å². The molecule has 0 spiro atoms. The lowest BCUT2D eigenvalue weighted by Gasteiger charge is -2.26. The van der Waals surface area contributed by atoms with Crippen molar-refractivity contribution < 1.29 is 14.6 Å². The third-order valence-corrected chi connectivity index (χ3v) is 4.02. The van der Waals surface area contributed by atoms with Crippen molar-refractivity contribution in [3.05, 3.63) is 24.3 Å². The second-order valence-corrected chi connectivity index (χ2v) is 6.07. The minimum absolute atomic E-state index is 0.0220. The van der Waals surface area contributed by atoms with Gasteiger partial charge in [0.05, 0.1) is 5.60 Å². The molecule has 21 heavy (non-hydrogen) atoms. The molecule has 118 valence electrons. The molecule has 4 nitrogen and oxygen atoms in total. The maximum Gasteiger partial charge on any atom is 0.123 e. The summed E-state index contributed by atoms with van der Waals surface area (Å²) in [5.41, 5.74) is 4.87. The van der Waals surface area contributed by atoms with E-state index in [1.165, 1.54) is 12.8 Å². The predicted molar refractivity (Wildman–Crippen MR) is 83.7 cm³/mol. The quantitative estimate of drug-likeness (QED) is 0.792. The van der Waals surface area contributed by atoms with Gasteiger partial charge in [-0.25, -0.2) is 0 Å². The molecule has 3 N–H and O–H groups in total. The Hall–Kier alpha value is -1.26. The Labute approximate surface area is 127 Å². The number of nitrogens with two attached hydrogens (primary N) is 1. The van der Waals surface area contributed by atoms with Gasteiger partial charge in [0.25, 0.3) is 0 Å². The molecule has 1 aliphatic rings. The summed E-state index contributed by atoms with van der Waals surface area (Å²) in [5.74, 6) is 1.48. The number of hydrogen-bond acceptors (Lipinski definition) is 4. The van der Waals surface area contributed by atoms with Crippen molar-refractivity contribution in [1.29, 1.82) is 0 Å². The highest BCUT2D eigenvalue weighted by molar-refractivity contribution is 5.33. The summed E-state index contributed by atoms with van der Waals surface area (Å²) in [4.78, 5) is 0. The standard InChI is InChI=1S/C17H27NO3/c1-14(12-18)21-16-8-6-7-15(11-16)20-13-17(19)9-4-2-3-5-10-17/h6-8,11,14,19H,2-5,9-10,12-13,18H2,1H3/t14-/m0/s1. The van der Waals surface area contributed by atoms with Crippen LogP contribution in [0, 0.1) is 0 Å². The lowest BCUT2D eigenvalue weighted by atomic mass is 9.96. The highest BCUT2D eigenvalue weighted by Crippen LogP contribution is 2.28. The van der Waals surface area contributed by atoms with Crippen LogP contribution in [0.5, 0.6) is 11.5 Å². The van der Waals surface area contributed by atoms with Gasteiger partial charge in [0.2, 0.25) is 0 Å². The first kappa shape index (κ1) is 16.1. The van der Waals surface area contributed by atoms with Crippen LogP contribution >= 0.6 is 0 Å². The molecule has 1 aliphatic carbocycles. The Bertz CT molecular complexity index is 428. The van der Waals surface area contributed by atoms with E-state index in [9.17, 15) is 5.11 Å². The van der Waals surface area contributed by atoms with Crippen molar-refractivity contribution >= 4 is 0 Å². The van der Waals surface area contributed by atoms with Crippen LogP contribution < -0.4 is 15.2 Å². The SMILES string of the molecule is C[C@@H](CN)Oc1cccc(OCC2(O)CCCCCC2)c1. The van der Waals surface area contributed by atoms with Gasteiger partial charge in [-0.3, -0.25) is 0 Å². The number of ether oxygens (including phenoxy) is 2. The zero-order valence-corrected chi connectivity index (χ0v) is 12.9. The molecule has 0 unspecified atom stereocenters. The Balaban J connectivity index is 1.91. The molecule has 0 radical (unpaired) electrons. The van der Waals surface area contributed by atoms with Crippen LogP contribution in [0.1, 0.15) is 45.4 Å². The van der Waals surface area contributed by atoms with Gasteiger partial charge in [-0.2, -0.15) is 0 Å². The molecule has 1 aromatic carbocycles. The fourth-order valence-electron chi connectivity index (χ4n) is 2.67. The normalized spacial score (nSPS) is 19.6. The molecule has 4 heteroatoms. The molecular formula is C17H27NO3. The monoisotopic (exact) mass is 293 g/mol. The molecular weight excluding hydrogens is 266 g/mol. The van der Waals surface area contributed by atoms with Gasteiger partial charge in [-0.15, -0.1) is 0 Å². The lowest BCUT2D eigenvalue weighted by Crippen LogP contribution is -2.35. The third-order valence-electron chi connectivity index (χ3n) is 4.02. The molecule has 1 saturated carbocycles. The molecule has 0 heterocycles. The third kappa shape index (κ3) is 5.21. The van der Waals surface area contributed by atoms with E-state index in [4.69, 9.17) is 15.2 Å². The lowest BCUT2D eigenvalue weighted by molar-refractivity contribution is -0.0174. The van der Waals surface area contributed by atoms with Crippen LogP contribution in [0.15, 0.2) is 24.3 Å². The zero-order chi connectivity index (χ0) is 15.1. The van der Waals surface area contributed by atoms with E-state index < -0.39 is 5.60 Å². The molecule has 0 bridgehead atoms. The molecule has 1 atom stereocenters. The second-order valence-electron chi connectivity index (χ2n) is 6.07. The van der Waals surface area contributed by atoms with E-state index in [0.29, 0.717) is 13.2 Å². The zero-order valence-electron chi connectivity index (χ0n) is 12.9. The van der Waals surface area contributed by atoms with Crippen molar-refractivity contribution in [3.63, 3.8) is 0 Å². The van der Waals surface area contributed by atoms with E-state index in [-0.39, 0.29) is 6.10 Å². The van der Waals surface area contributed by atoms with E-state index in [1.807, 2.05) is 31.2 Å². The van der Waals surface area contributed by atoms with Gasteiger partial charge in [0.1, 0.15) is 24.2 Å². The van der Waals surface area contributed by atoms with Crippen molar-refractivity contribution in [3.8, 4) is 11.5 Å². The Kier molecular flexibility index (Phi) is 5.88. The van der Waals surface area contributed by atoms with Crippen molar-refractivity contribution in [1.82, 2.24) is 0 Å². The molecule has 0 aromatic heterocycles. The van der Waals surface area contributed by atoms with Gasteiger partial charge in [0, 0.05) is 12.6 Å². The van der Waals surface area contributed by atoms with Gasteiger partial charge in [-0.1, -0.05) is 31.7 Å². The summed E-state index contributed by atoms with van der Waals surface area (Å²) < 4.78 is 11.5. The van der Waals surface area contributed by atoms with Crippen LogP contribution in [0.4, 0.5) is 0 Å². The van der Waals surface area contributed by atoms with Gasteiger partial charge in [0.15, 0.2) is 0 Å². The van der Waals surface area contributed by atoms with Crippen LogP contribution in [0.2, 0.25) is 0 Å². The van der Waals surface area contributed by atoms with Crippen LogP contribution in [0.3, 0.4) is 0 Å². The molecule has 2 rings (SSSR count). The Morgan fingerprint density at radius 3 is 2.52 bits per heavy atom. The summed E-state index contributed by atoms with van der Waals surface area (Å²) in [6.45, 7) is 2.76. The largest absolute Gasteiger partial charge is 0.490 e. The summed E-state index contributed by atoms with van der Waals surface area (Å²) >= 11 is 0. The average molecular weight is 293 g/mol. The molecule has 0 amide bonds. The van der Waals surface area contributed by atoms with Crippen molar-refractivity contribution in [2.45, 2.75) is 57.2 Å². The average Bonchev–Trinajstić information content (AvgIpc) is 2.71. The number of rotatable bonds is 6. The first-order valence-electron chi connectivity index (χ1n) is 7.93. The van der Waals surface area contributed by atoms with Crippen molar-refractivity contribution in [2.24, 2.45) is 5.73 Å². The van der Waals surface area contributed by atoms with Crippen LogP contribution in [-0.2, 0) is 0 Å². The first-order valence-corrected chi connectivity index (χ1v) is 7.93. The Morgan fingerprint density at radius 2 is 1.86 bits per heavy atom. The highest BCUT2D eigenvalue weighted by atomic mass is 16.5. The Morgan fingerprint density at radius 1 is 1.19 bits per heavy atom.